The first-order valence-electron chi connectivity index (χ1n) is 10.4. The average Bonchev–Trinajstić information content (AvgIpc) is 2.97. The summed E-state index contributed by atoms with van der Waals surface area (Å²) >= 11 is 0. The van der Waals surface area contributed by atoms with Gasteiger partial charge in [0.2, 0.25) is 0 Å². The van der Waals surface area contributed by atoms with Crippen molar-refractivity contribution in [2.24, 2.45) is 15.7 Å². The lowest BCUT2D eigenvalue weighted by Gasteiger charge is -2.26. The zero-order chi connectivity index (χ0) is 21.9. The van der Waals surface area contributed by atoms with Crippen molar-refractivity contribution < 1.29 is 18.9 Å². The van der Waals surface area contributed by atoms with E-state index in [4.69, 9.17) is 24.7 Å². The molecule has 1 aromatic rings. The first-order valence-corrected chi connectivity index (χ1v) is 10.4. The maximum absolute atomic E-state index is 6.16. The van der Waals surface area contributed by atoms with Gasteiger partial charge in [-0.3, -0.25) is 14.9 Å². The standard InChI is InChI=1S/C22H31N5O4/c1-3-4-24-14-18-22(15-25-16-23)31-19-12-20(28-2)21(11-17(19)13-26-18)30-10-7-27-5-8-29-9-6-27/h3,11-13,16,24H,1,4-10,14-15H2,2H3,(H2,23,25). The second kappa shape index (κ2) is 12.1. The maximum atomic E-state index is 6.16. The minimum Gasteiger partial charge on any atom is -0.493 e. The number of hydrogen-bond acceptors (Lipinski definition) is 8. The second-order valence-corrected chi connectivity index (χ2v) is 6.98. The molecule has 9 heteroatoms. The number of nitrogens with two attached hydrogens (primary N) is 1. The van der Waals surface area contributed by atoms with Gasteiger partial charge >= 0.3 is 0 Å². The Bertz CT molecular complexity index is 831. The maximum Gasteiger partial charge on any atom is 0.164 e. The topological polar surface area (TPSA) is 103 Å². The third-order valence-corrected chi connectivity index (χ3v) is 4.90. The molecule has 0 radical (unpaired) electrons. The van der Waals surface area contributed by atoms with E-state index in [1.165, 1.54) is 6.34 Å². The van der Waals surface area contributed by atoms with Crippen LogP contribution in [-0.2, 0) is 4.74 Å². The van der Waals surface area contributed by atoms with Crippen LogP contribution in [0.3, 0.4) is 0 Å². The van der Waals surface area contributed by atoms with Gasteiger partial charge in [-0.15, -0.1) is 6.58 Å². The fourth-order valence-electron chi connectivity index (χ4n) is 3.24. The Labute approximate surface area is 183 Å². The predicted octanol–water partition coefficient (Wildman–Crippen LogP) is 1.19. The quantitative estimate of drug-likeness (QED) is 0.236. The number of aliphatic imine (C=N–C) groups is 2. The molecule has 2 aliphatic heterocycles. The third kappa shape index (κ3) is 6.55. The molecular weight excluding hydrogens is 398 g/mol. The van der Waals surface area contributed by atoms with Crippen LogP contribution in [-0.4, -0.2) is 83.7 Å². The van der Waals surface area contributed by atoms with Crippen molar-refractivity contribution in [3.63, 3.8) is 0 Å². The molecule has 168 valence electrons. The van der Waals surface area contributed by atoms with E-state index in [0.29, 0.717) is 49.2 Å². The molecular formula is C22H31N5O4. The highest BCUT2D eigenvalue weighted by Crippen LogP contribution is 2.36. The van der Waals surface area contributed by atoms with Gasteiger partial charge < -0.3 is 30.0 Å². The molecule has 0 bridgehead atoms. The lowest BCUT2D eigenvalue weighted by atomic mass is 10.2. The zero-order valence-corrected chi connectivity index (χ0v) is 18.0. The van der Waals surface area contributed by atoms with Crippen LogP contribution in [0, 0.1) is 0 Å². The fourth-order valence-corrected chi connectivity index (χ4v) is 3.24. The van der Waals surface area contributed by atoms with Crippen LogP contribution in [0.25, 0.3) is 0 Å². The third-order valence-electron chi connectivity index (χ3n) is 4.90. The minimum absolute atomic E-state index is 0.290. The van der Waals surface area contributed by atoms with E-state index in [0.717, 1.165) is 44.1 Å². The summed E-state index contributed by atoms with van der Waals surface area (Å²) in [5.74, 6) is 2.50. The smallest absolute Gasteiger partial charge is 0.164 e. The van der Waals surface area contributed by atoms with E-state index in [-0.39, 0.29) is 0 Å². The van der Waals surface area contributed by atoms with Crippen molar-refractivity contribution in [3.05, 3.63) is 41.8 Å². The van der Waals surface area contributed by atoms with Gasteiger partial charge in [-0.05, 0) is 6.07 Å². The van der Waals surface area contributed by atoms with E-state index in [1.54, 1.807) is 19.4 Å². The highest BCUT2D eigenvalue weighted by Gasteiger charge is 2.19. The summed E-state index contributed by atoms with van der Waals surface area (Å²) in [7, 11) is 1.61. The highest BCUT2D eigenvalue weighted by atomic mass is 16.5. The van der Waals surface area contributed by atoms with Gasteiger partial charge in [0, 0.05) is 50.6 Å². The number of nitrogens with zero attached hydrogens (tertiary/aromatic N) is 3. The number of hydrogen-bond donors (Lipinski definition) is 2. The first kappa shape index (κ1) is 22.8. The van der Waals surface area contributed by atoms with Gasteiger partial charge in [0.1, 0.15) is 24.7 Å². The van der Waals surface area contributed by atoms with E-state index in [1.807, 2.05) is 12.1 Å². The van der Waals surface area contributed by atoms with E-state index >= 15 is 0 Å². The number of fused-ring (bicyclic) bond motifs is 1. The second-order valence-electron chi connectivity index (χ2n) is 6.98. The molecule has 9 nitrogen and oxygen atoms in total. The molecule has 0 spiro atoms. The van der Waals surface area contributed by atoms with Gasteiger partial charge in [-0.25, -0.2) is 0 Å². The van der Waals surface area contributed by atoms with Gasteiger partial charge in [0.05, 0.1) is 32.4 Å². The molecule has 1 aromatic carbocycles. The van der Waals surface area contributed by atoms with Crippen LogP contribution in [0.15, 0.2) is 46.2 Å². The average molecular weight is 430 g/mol. The Morgan fingerprint density at radius 2 is 2.16 bits per heavy atom. The van der Waals surface area contributed by atoms with Crippen molar-refractivity contribution in [2.45, 2.75) is 0 Å². The summed E-state index contributed by atoms with van der Waals surface area (Å²) in [4.78, 5) is 11.1. The predicted molar refractivity (Wildman–Crippen MR) is 122 cm³/mol. The van der Waals surface area contributed by atoms with Crippen LogP contribution in [0.2, 0.25) is 0 Å². The summed E-state index contributed by atoms with van der Waals surface area (Å²) in [6.45, 7) is 9.96. The SMILES string of the molecule is C=CCNCC1=C(CN=CN)Oc2cc(OC)c(OCCN3CCOCC3)cc2C=N1. The normalized spacial score (nSPS) is 16.7. The molecule has 0 unspecified atom stereocenters. The van der Waals surface area contributed by atoms with Gasteiger partial charge in [-0.2, -0.15) is 0 Å². The molecule has 2 aliphatic rings. The largest absolute Gasteiger partial charge is 0.493 e. The Morgan fingerprint density at radius 3 is 2.90 bits per heavy atom. The lowest BCUT2D eigenvalue weighted by Crippen LogP contribution is -2.38. The van der Waals surface area contributed by atoms with Crippen LogP contribution < -0.4 is 25.3 Å². The minimum atomic E-state index is 0.290. The zero-order valence-electron chi connectivity index (χ0n) is 18.0. The summed E-state index contributed by atoms with van der Waals surface area (Å²) in [6.07, 6.45) is 4.82. The highest BCUT2D eigenvalue weighted by molar-refractivity contribution is 5.86. The molecule has 31 heavy (non-hydrogen) atoms. The van der Waals surface area contributed by atoms with Crippen molar-refractivity contribution >= 4 is 12.6 Å². The summed E-state index contributed by atoms with van der Waals surface area (Å²) in [5, 5.41) is 3.24. The molecule has 0 saturated carbocycles. The van der Waals surface area contributed by atoms with Crippen molar-refractivity contribution in [1.29, 1.82) is 0 Å². The van der Waals surface area contributed by atoms with E-state index in [2.05, 4.69) is 26.8 Å². The number of benzene rings is 1. The molecule has 2 heterocycles. The summed E-state index contributed by atoms with van der Waals surface area (Å²) in [5.41, 5.74) is 6.98. The van der Waals surface area contributed by atoms with Crippen LogP contribution in [0.5, 0.6) is 17.2 Å². The van der Waals surface area contributed by atoms with Crippen LogP contribution in [0.1, 0.15) is 5.56 Å². The molecule has 1 fully saturated rings. The number of rotatable bonds is 11. The van der Waals surface area contributed by atoms with Crippen molar-refractivity contribution in [3.8, 4) is 17.2 Å². The monoisotopic (exact) mass is 429 g/mol. The van der Waals surface area contributed by atoms with Gasteiger partial charge in [0.25, 0.3) is 0 Å². The first-order chi connectivity index (χ1) is 15.2. The fraction of sp³-hybridized carbons (Fsp3) is 0.455. The Morgan fingerprint density at radius 1 is 1.32 bits per heavy atom. The number of nitrogens with one attached hydrogen (secondary N) is 1. The number of ether oxygens (including phenoxy) is 4. The molecule has 0 amide bonds. The van der Waals surface area contributed by atoms with Gasteiger partial charge in [0.15, 0.2) is 11.5 Å². The van der Waals surface area contributed by atoms with Crippen molar-refractivity contribution in [1.82, 2.24) is 10.2 Å². The Kier molecular flexibility index (Phi) is 8.89. The number of methoxy groups -OCH3 is 1. The van der Waals surface area contributed by atoms with Crippen molar-refractivity contribution in [2.75, 3.05) is 66.2 Å². The summed E-state index contributed by atoms with van der Waals surface area (Å²) in [6, 6.07) is 3.71. The Balaban J connectivity index is 1.75. The molecule has 0 aromatic heterocycles. The van der Waals surface area contributed by atoms with Crippen LogP contribution >= 0.6 is 0 Å². The molecule has 0 aliphatic carbocycles. The van der Waals surface area contributed by atoms with Crippen LogP contribution in [0.4, 0.5) is 0 Å². The Hall–Kier alpha value is -2.88. The summed E-state index contributed by atoms with van der Waals surface area (Å²) < 4.78 is 23.1. The molecule has 0 atom stereocenters. The van der Waals surface area contributed by atoms with Gasteiger partial charge in [-0.1, -0.05) is 6.08 Å². The van der Waals surface area contributed by atoms with E-state index < -0.39 is 0 Å². The molecule has 3 rings (SSSR count). The number of morpholine rings is 1. The molecule has 1 saturated heterocycles. The van der Waals surface area contributed by atoms with E-state index in [9.17, 15) is 0 Å². The molecule has 3 N–H and O–H groups in total. The lowest BCUT2D eigenvalue weighted by molar-refractivity contribution is 0.0321.